The lowest BCUT2D eigenvalue weighted by molar-refractivity contribution is 0.150. The van der Waals surface area contributed by atoms with Gasteiger partial charge in [0, 0.05) is 0 Å². The Bertz CT molecular complexity index is 102. The van der Waals surface area contributed by atoms with Crippen LogP contribution in [0, 0.1) is 16.7 Å². The second kappa shape index (κ2) is 2.56. The zero-order valence-electron chi connectivity index (χ0n) is 8.50. The van der Waals surface area contributed by atoms with Gasteiger partial charge in [0.25, 0.3) is 0 Å². The molecule has 0 aromatic heterocycles. The fourth-order valence-corrected chi connectivity index (χ4v) is 0.750. The first-order valence-electron chi connectivity index (χ1n) is 4.00. The van der Waals surface area contributed by atoms with Gasteiger partial charge in [-0.3, -0.25) is 0 Å². The van der Waals surface area contributed by atoms with E-state index in [2.05, 4.69) is 48.5 Å². The first-order valence-corrected chi connectivity index (χ1v) is 4.00. The van der Waals surface area contributed by atoms with E-state index in [-0.39, 0.29) is 0 Å². The van der Waals surface area contributed by atoms with Crippen molar-refractivity contribution in [2.75, 3.05) is 0 Å². The molecular formula is C10H21. The monoisotopic (exact) mass is 141 g/mol. The third-order valence-electron chi connectivity index (χ3n) is 3.12. The molecule has 0 N–H and O–H groups in total. The van der Waals surface area contributed by atoms with Crippen LogP contribution in [0.5, 0.6) is 0 Å². The molecule has 61 valence electrons. The molecule has 0 aromatic rings. The molecule has 0 atom stereocenters. The quantitative estimate of drug-likeness (QED) is 0.522. The molecule has 0 fully saturated rings. The van der Waals surface area contributed by atoms with Crippen LogP contribution < -0.4 is 0 Å². The van der Waals surface area contributed by atoms with Crippen molar-refractivity contribution in [1.29, 1.82) is 0 Å². The zero-order valence-corrected chi connectivity index (χ0v) is 8.50. The van der Waals surface area contributed by atoms with Crippen LogP contribution in [0.2, 0.25) is 0 Å². The van der Waals surface area contributed by atoms with Gasteiger partial charge in [-0.25, -0.2) is 0 Å². The molecule has 0 rings (SSSR count). The molecule has 1 radical (unpaired) electrons. The zero-order chi connectivity index (χ0) is 8.58. The first kappa shape index (κ1) is 10.0. The van der Waals surface area contributed by atoms with Crippen molar-refractivity contribution in [3.63, 3.8) is 0 Å². The van der Waals surface area contributed by atoms with Crippen LogP contribution in [0.25, 0.3) is 0 Å². The van der Waals surface area contributed by atoms with Gasteiger partial charge in [0.2, 0.25) is 0 Å². The van der Waals surface area contributed by atoms with Crippen molar-refractivity contribution >= 4 is 0 Å². The molecule has 0 aliphatic heterocycles. The van der Waals surface area contributed by atoms with Crippen molar-refractivity contribution in [2.24, 2.45) is 10.8 Å². The van der Waals surface area contributed by atoms with Gasteiger partial charge in [-0.2, -0.15) is 0 Å². The van der Waals surface area contributed by atoms with Crippen molar-refractivity contribution in [1.82, 2.24) is 0 Å². The van der Waals surface area contributed by atoms with Crippen molar-refractivity contribution in [2.45, 2.75) is 48.5 Å². The first-order chi connectivity index (χ1) is 4.19. The number of hydrogen-bond donors (Lipinski definition) is 0. The van der Waals surface area contributed by atoms with Crippen LogP contribution in [0.3, 0.4) is 0 Å². The van der Waals surface area contributed by atoms with E-state index in [0.29, 0.717) is 10.8 Å². The Morgan fingerprint density at radius 2 is 1.10 bits per heavy atom. The highest BCUT2D eigenvalue weighted by atomic mass is 14.4. The van der Waals surface area contributed by atoms with Crippen molar-refractivity contribution in [3.8, 4) is 0 Å². The minimum Gasteiger partial charge on any atom is -0.0596 e. The van der Waals surface area contributed by atoms with Gasteiger partial charge in [-0.15, -0.1) is 0 Å². The molecule has 0 saturated carbocycles. The minimum absolute atomic E-state index is 0.354. The summed E-state index contributed by atoms with van der Waals surface area (Å²) in [5, 5.41) is 0. The Balaban J connectivity index is 4.40. The van der Waals surface area contributed by atoms with E-state index in [4.69, 9.17) is 0 Å². The summed E-state index contributed by atoms with van der Waals surface area (Å²) in [4.78, 5) is 0. The number of rotatable bonds is 1. The molecule has 0 aliphatic carbocycles. The second-order valence-electron chi connectivity index (χ2n) is 4.88. The second-order valence-corrected chi connectivity index (χ2v) is 4.88. The van der Waals surface area contributed by atoms with Crippen molar-refractivity contribution in [3.05, 3.63) is 5.92 Å². The Morgan fingerprint density at radius 1 is 0.800 bits per heavy atom. The Labute approximate surface area is 66.0 Å². The predicted molar refractivity (Wildman–Crippen MR) is 47.8 cm³/mol. The molecule has 0 aromatic carbocycles. The summed E-state index contributed by atoms with van der Waals surface area (Å²) >= 11 is 0. The fraction of sp³-hybridized carbons (Fsp3) is 0.900. The van der Waals surface area contributed by atoms with Crippen molar-refractivity contribution < 1.29 is 0 Å². The molecule has 0 amide bonds. The van der Waals surface area contributed by atoms with Crippen LogP contribution in [-0.4, -0.2) is 0 Å². The van der Waals surface area contributed by atoms with E-state index in [1.807, 2.05) is 0 Å². The Kier molecular flexibility index (Phi) is 2.56. The van der Waals surface area contributed by atoms with Crippen LogP contribution in [0.1, 0.15) is 48.5 Å². The van der Waals surface area contributed by atoms with Gasteiger partial charge in [0.15, 0.2) is 0 Å². The summed E-state index contributed by atoms with van der Waals surface area (Å²) in [6.07, 6.45) is 0. The average molecular weight is 141 g/mol. The smallest absolute Gasteiger partial charge is 0.0241 e. The largest absolute Gasteiger partial charge is 0.0596 e. The molecule has 0 spiro atoms. The third-order valence-corrected chi connectivity index (χ3v) is 3.12. The molecule has 0 unspecified atom stereocenters. The van der Waals surface area contributed by atoms with Crippen LogP contribution in [-0.2, 0) is 0 Å². The van der Waals surface area contributed by atoms with E-state index >= 15 is 0 Å². The molecule has 0 aliphatic rings. The molecule has 0 heteroatoms. The fourth-order valence-electron chi connectivity index (χ4n) is 0.750. The summed E-state index contributed by atoms with van der Waals surface area (Å²) in [6, 6.07) is 0. The Morgan fingerprint density at radius 3 is 1.10 bits per heavy atom. The van der Waals surface area contributed by atoms with Gasteiger partial charge in [0.05, 0.1) is 0 Å². The molecular weight excluding hydrogens is 120 g/mol. The summed E-state index contributed by atoms with van der Waals surface area (Å²) < 4.78 is 0. The van der Waals surface area contributed by atoms with Gasteiger partial charge in [-0.1, -0.05) is 48.5 Å². The molecule has 0 bridgehead atoms. The molecule has 0 nitrogen and oxygen atoms in total. The lowest BCUT2D eigenvalue weighted by Crippen LogP contribution is -2.33. The maximum atomic E-state index is 2.31. The van der Waals surface area contributed by atoms with Gasteiger partial charge in [-0.05, 0) is 16.7 Å². The van der Waals surface area contributed by atoms with E-state index < -0.39 is 0 Å². The summed E-state index contributed by atoms with van der Waals surface area (Å²) in [6.45, 7) is 15.9. The molecule has 0 heterocycles. The van der Waals surface area contributed by atoms with E-state index in [1.54, 1.807) is 0 Å². The maximum absolute atomic E-state index is 2.31. The minimum atomic E-state index is 0.354. The average Bonchev–Trinajstić information content (AvgIpc) is 1.62. The lowest BCUT2D eigenvalue weighted by Gasteiger charge is -2.42. The highest BCUT2D eigenvalue weighted by Crippen LogP contribution is 2.44. The van der Waals surface area contributed by atoms with E-state index in [1.165, 1.54) is 5.92 Å². The summed E-state index contributed by atoms with van der Waals surface area (Å²) in [5.74, 6) is 1.51. The van der Waals surface area contributed by atoms with Crippen LogP contribution >= 0.6 is 0 Å². The predicted octanol–water partition coefficient (Wildman–Crippen LogP) is 3.67. The maximum Gasteiger partial charge on any atom is -0.0241 e. The lowest BCUT2D eigenvalue weighted by atomic mass is 9.63. The SMILES string of the molecule is C[C](C)C(C)(C)C(C)(C)C. The van der Waals surface area contributed by atoms with Crippen LogP contribution in [0.15, 0.2) is 0 Å². The summed E-state index contributed by atoms with van der Waals surface area (Å²) in [7, 11) is 0. The third kappa shape index (κ3) is 1.74. The highest BCUT2D eigenvalue weighted by molar-refractivity contribution is 5.01. The molecule has 10 heavy (non-hydrogen) atoms. The van der Waals surface area contributed by atoms with E-state index in [0.717, 1.165) is 0 Å². The van der Waals surface area contributed by atoms with E-state index in [9.17, 15) is 0 Å². The standard InChI is InChI=1S/C10H21/c1-8(2)10(6,7)9(3,4)5/h1-7H3. The Hall–Kier alpha value is 0. The summed E-state index contributed by atoms with van der Waals surface area (Å²) in [5.41, 5.74) is 0.735. The highest BCUT2D eigenvalue weighted by Gasteiger charge is 2.35. The number of hydrogen-bond acceptors (Lipinski definition) is 0. The van der Waals surface area contributed by atoms with Gasteiger partial charge >= 0.3 is 0 Å². The van der Waals surface area contributed by atoms with Crippen LogP contribution in [0.4, 0.5) is 0 Å². The topological polar surface area (TPSA) is 0 Å². The normalized spacial score (nSPS) is 14.4. The van der Waals surface area contributed by atoms with Gasteiger partial charge < -0.3 is 0 Å². The van der Waals surface area contributed by atoms with Gasteiger partial charge in [0.1, 0.15) is 0 Å². The molecule has 0 saturated heterocycles.